The second-order valence-electron chi connectivity index (χ2n) is 7.38. The first kappa shape index (κ1) is 26.7. The summed E-state index contributed by atoms with van der Waals surface area (Å²) in [6.07, 6.45) is 14.3. The zero-order chi connectivity index (χ0) is 25.3. The Kier molecular flexibility index (Phi) is 9.91. The van der Waals surface area contributed by atoms with Gasteiger partial charge in [0.15, 0.2) is 0 Å². The number of hydrogen-bond acceptors (Lipinski definition) is 5. The number of thioether (sulfide) groups is 1. The summed E-state index contributed by atoms with van der Waals surface area (Å²) in [5.41, 5.74) is 4.31. The van der Waals surface area contributed by atoms with Crippen molar-refractivity contribution in [2.24, 2.45) is 0 Å². The molecule has 1 atom stereocenters. The molecule has 4 N–H and O–H groups in total. The monoisotopic (exact) mass is 484 g/mol. The van der Waals surface area contributed by atoms with Crippen LogP contribution in [0.25, 0.3) is 10.5 Å². The van der Waals surface area contributed by atoms with E-state index in [0.29, 0.717) is 22.4 Å². The van der Waals surface area contributed by atoms with Crippen molar-refractivity contribution in [3.63, 3.8) is 0 Å². The Bertz CT molecular complexity index is 1110. The van der Waals surface area contributed by atoms with Crippen molar-refractivity contribution >= 4 is 34.1 Å². The Hall–Kier alpha value is -3.56. The van der Waals surface area contributed by atoms with Crippen LogP contribution in [0.15, 0.2) is 79.4 Å². The van der Waals surface area contributed by atoms with Crippen LogP contribution in [0.3, 0.4) is 0 Å². The standard InChI is InChI=1S/C25H29FN4O3S/c1-6-8-22(34-5)21-13-20(16(3)9-11-18(26)7-2)23(28-21)25(32)27-14-19-12-10-17(15-30(19)4)24(31)29-33/h6-13,15,19,28,33H,1-2,14H2,3-5H3,(H,27,32)(H,29,31)/b16-9+,18-11+,22-8-. The minimum atomic E-state index is -0.615. The van der Waals surface area contributed by atoms with Gasteiger partial charge in [-0.25, -0.2) is 9.87 Å². The second-order valence-corrected chi connectivity index (χ2v) is 8.22. The summed E-state index contributed by atoms with van der Waals surface area (Å²) in [4.78, 5) is 30.6. The quantitative estimate of drug-likeness (QED) is 0.225. The summed E-state index contributed by atoms with van der Waals surface area (Å²) in [6.45, 7) is 9.20. The van der Waals surface area contributed by atoms with Gasteiger partial charge in [0.05, 0.1) is 17.3 Å². The lowest BCUT2D eigenvalue weighted by Gasteiger charge is -2.28. The molecule has 0 radical (unpaired) electrons. The van der Waals surface area contributed by atoms with Gasteiger partial charge in [0, 0.05) is 30.3 Å². The van der Waals surface area contributed by atoms with Crippen molar-refractivity contribution in [1.82, 2.24) is 20.7 Å². The third-order valence-corrected chi connectivity index (χ3v) is 5.91. The predicted molar refractivity (Wildman–Crippen MR) is 137 cm³/mol. The number of nitrogens with zero attached hydrogens (tertiary/aromatic N) is 1. The molecule has 2 heterocycles. The van der Waals surface area contributed by atoms with Crippen LogP contribution in [-0.4, -0.2) is 52.8 Å². The summed E-state index contributed by atoms with van der Waals surface area (Å²) in [6, 6.07) is 1.65. The fraction of sp³-hybridized carbons (Fsp3) is 0.200. The Morgan fingerprint density at radius 2 is 2.03 bits per heavy atom. The number of likely N-dealkylation sites (N-methyl/N-ethyl adjacent to an activating group) is 1. The maximum absolute atomic E-state index is 13.6. The van der Waals surface area contributed by atoms with Crippen LogP contribution in [0.4, 0.5) is 4.39 Å². The molecule has 0 bridgehead atoms. The smallest absolute Gasteiger partial charge is 0.276 e. The largest absolute Gasteiger partial charge is 0.372 e. The molecule has 0 spiro atoms. The van der Waals surface area contributed by atoms with Gasteiger partial charge in [0.2, 0.25) is 0 Å². The SMILES string of the molecule is C=C/C=C(\SC)c1cc(/C(C)=C/C=C(/F)C=C)c(C(=O)NCC2C=CC(C(=O)NO)=CN2C)[nH]1. The van der Waals surface area contributed by atoms with Crippen LogP contribution in [0.1, 0.15) is 28.7 Å². The number of H-pyrrole nitrogens is 1. The van der Waals surface area contributed by atoms with Crippen LogP contribution in [0, 0.1) is 0 Å². The fourth-order valence-electron chi connectivity index (χ4n) is 3.22. The van der Waals surface area contributed by atoms with E-state index in [0.717, 1.165) is 16.7 Å². The number of carbonyl (C=O) groups excluding carboxylic acids is 2. The van der Waals surface area contributed by atoms with Crippen molar-refractivity contribution < 1.29 is 19.2 Å². The predicted octanol–water partition coefficient (Wildman–Crippen LogP) is 4.34. The number of aromatic nitrogens is 1. The van der Waals surface area contributed by atoms with Gasteiger partial charge in [0.1, 0.15) is 11.5 Å². The van der Waals surface area contributed by atoms with E-state index in [-0.39, 0.29) is 18.5 Å². The minimum absolute atomic E-state index is 0.194. The van der Waals surface area contributed by atoms with E-state index in [4.69, 9.17) is 5.21 Å². The number of hydroxylamine groups is 1. The highest BCUT2D eigenvalue weighted by Crippen LogP contribution is 2.30. The van der Waals surface area contributed by atoms with Crippen LogP contribution in [0.5, 0.6) is 0 Å². The van der Waals surface area contributed by atoms with Gasteiger partial charge in [-0.15, -0.1) is 11.8 Å². The number of rotatable bonds is 10. The highest BCUT2D eigenvalue weighted by molar-refractivity contribution is 8.07. The third-order valence-electron chi connectivity index (χ3n) is 5.11. The van der Waals surface area contributed by atoms with Gasteiger partial charge in [-0.3, -0.25) is 14.8 Å². The van der Waals surface area contributed by atoms with Crippen molar-refractivity contribution in [2.45, 2.75) is 13.0 Å². The second kappa shape index (κ2) is 12.6. The average Bonchev–Trinajstić information content (AvgIpc) is 3.29. The van der Waals surface area contributed by atoms with Gasteiger partial charge in [0.25, 0.3) is 11.8 Å². The van der Waals surface area contributed by atoms with E-state index in [1.165, 1.54) is 17.8 Å². The molecule has 180 valence electrons. The molecule has 0 aliphatic carbocycles. The lowest BCUT2D eigenvalue weighted by molar-refractivity contribution is -0.125. The number of aromatic amines is 1. The van der Waals surface area contributed by atoms with E-state index in [1.807, 2.05) is 18.4 Å². The molecule has 2 amide bonds. The molecule has 7 nitrogen and oxygen atoms in total. The van der Waals surface area contributed by atoms with E-state index in [1.54, 1.807) is 54.9 Å². The Labute approximate surface area is 203 Å². The molecule has 0 fully saturated rings. The van der Waals surface area contributed by atoms with Crippen LogP contribution >= 0.6 is 11.8 Å². The van der Waals surface area contributed by atoms with Crippen LogP contribution in [0.2, 0.25) is 0 Å². The van der Waals surface area contributed by atoms with Crippen molar-refractivity contribution in [3.8, 4) is 0 Å². The van der Waals surface area contributed by atoms with Gasteiger partial charge >= 0.3 is 0 Å². The van der Waals surface area contributed by atoms with E-state index >= 15 is 0 Å². The summed E-state index contributed by atoms with van der Waals surface area (Å²) in [5, 5.41) is 11.7. The first-order chi connectivity index (χ1) is 16.2. The summed E-state index contributed by atoms with van der Waals surface area (Å²) in [7, 11) is 1.77. The Morgan fingerprint density at radius 3 is 2.62 bits per heavy atom. The molecule has 2 rings (SSSR count). The molecule has 1 unspecified atom stereocenters. The molecule has 34 heavy (non-hydrogen) atoms. The van der Waals surface area contributed by atoms with Crippen molar-refractivity contribution in [1.29, 1.82) is 0 Å². The maximum atomic E-state index is 13.6. The molecule has 0 saturated heterocycles. The minimum Gasteiger partial charge on any atom is -0.372 e. The lowest BCUT2D eigenvalue weighted by Crippen LogP contribution is -2.40. The van der Waals surface area contributed by atoms with Gasteiger partial charge in [-0.1, -0.05) is 31.4 Å². The molecular formula is C25H29FN4O3S. The first-order valence-corrected chi connectivity index (χ1v) is 11.6. The summed E-state index contributed by atoms with van der Waals surface area (Å²) < 4.78 is 13.6. The highest BCUT2D eigenvalue weighted by Gasteiger charge is 2.21. The molecule has 1 aliphatic rings. The molecule has 9 heteroatoms. The van der Waals surface area contributed by atoms with Gasteiger partial charge < -0.3 is 15.2 Å². The summed E-state index contributed by atoms with van der Waals surface area (Å²) in [5.74, 6) is -1.42. The number of halogens is 1. The normalized spacial score (nSPS) is 16.7. The molecule has 0 saturated carbocycles. The van der Waals surface area contributed by atoms with Gasteiger partial charge in [-0.2, -0.15) is 0 Å². The van der Waals surface area contributed by atoms with Crippen LogP contribution in [-0.2, 0) is 4.79 Å². The molecular weight excluding hydrogens is 455 g/mol. The summed E-state index contributed by atoms with van der Waals surface area (Å²) >= 11 is 1.51. The number of amides is 2. The Balaban J connectivity index is 2.30. The highest BCUT2D eigenvalue weighted by atomic mass is 32.2. The van der Waals surface area contributed by atoms with Crippen LogP contribution < -0.4 is 10.8 Å². The number of allylic oxidation sites excluding steroid dienone is 7. The topological polar surface area (TPSA) is 97.5 Å². The van der Waals surface area contributed by atoms with Gasteiger partial charge in [-0.05, 0) is 49.1 Å². The van der Waals surface area contributed by atoms with Crippen molar-refractivity contribution in [3.05, 3.63) is 96.3 Å². The fourth-order valence-corrected chi connectivity index (χ4v) is 3.78. The van der Waals surface area contributed by atoms with E-state index in [2.05, 4.69) is 23.5 Å². The molecule has 0 aromatic carbocycles. The zero-order valence-corrected chi connectivity index (χ0v) is 20.2. The lowest BCUT2D eigenvalue weighted by atomic mass is 10.1. The number of carbonyl (C=O) groups is 2. The van der Waals surface area contributed by atoms with Crippen molar-refractivity contribution in [2.75, 3.05) is 19.8 Å². The number of nitrogens with one attached hydrogen (secondary N) is 3. The molecule has 1 aromatic heterocycles. The third kappa shape index (κ3) is 6.72. The number of hydrogen-bond donors (Lipinski definition) is 4. The Morgan fingerprint density at radius 1 is 1.29 bits per heavy atom. The van der Waals surface area contributed by atoms with E-state index in [9.17, 15) is 14.0 Å². The maximum Gasteiger partial charge on any atom is 0.276 e. The first-order valence-electron chi connectivity index (χ1n) is 10.4. The molecule has 1 aliphatic heterocycles. The van der Waals surface area contributed by atoms with E-state index < -0.39 is 11.7 Å². The molecule has 1 aromatic rings. The average molecular weight is 485 g/mol. The zero-order valence-electron chi connectivity index (χ0n) is 19.4.